The summed E-state index contributed by atoms with van der Waals surface area (Å²) in [6.45, 7) is 5.97. The van der Waals surface area contributed by atoms with Crippen molar-refractivity contribution in [2.75, 3.05) is 12.8 Å². The lowest BCUT2D eigenvalue weighted by atomic mass is 10.0. The summed E-state index contributed by atoms with van der Waals surface area (Å²) in [4.78, 5) is 12.1. The number of aromatic nitrogens is 2. The number of hydrogen-bond donors (Lipinski definition) is 2. The van der Waals surface area contributed by atoms with E-state index in [9.17, 15) is 4.79 Å². The summed E-state index contributed by atoms with van der Waals surface area (Å²) < 4.78 is 1.28. The van der Waals surface area contributed by atoms with Gasteiger partial charge in [0.25, 0.3) is 5.91 Å². The van der Waals surface area contributed by atoms with Gasteiger partial charge in [-0.1, -0.05) is 13.8 Å². The molecule has 0 aromatic carbocycles. The van der Waals surface area contributed by atoms with Gasteiger partial charge < -0.3 is 11.1 Å². The molecule has 16 heavy (non-hydrogen) atoms. The van der Waals surface area contributed by atoms with Crippen LogP contribution in [0.4, 0.5) is 5.82 Å². The number of nitrogen functional groups attached to an aromatic ring is 1. The van der Waals surface area contributed by atoms with Crippen LogP contribution in [0.1, 0.15) is 30.8 Å². The number of rotatable bonds is 4. The van der Waals surface area contributed by atoms with Crippen molar-refractivity contribution in [3.05, 3.63) is 11.8 Å². The smallest absolute Gasteiger partial charge is 0.265 e. The van der Waals surface area contributed by atoms with Crippen LogP contribution in [0.15, 0.2) is 6.07 Å². The Hall–Kier alpha value is -1.36. The fourth-order valence-corrected chi connectivity index (χ4v) is 1.66. The monoisotopic (exact) mass is 224 g/mol. The molecule has 0 aliphatic carbocycles. The van der Waals surface area contributed by atoms with Gasteiger partial charge in [0.15, 0.2) is 0 Å². The first kappa shape index (κ1) is 12.7. The van der Waals surface area contributed by atoms with Gasteiger partial charge in [0, 0.05) is 6.07 Å². The number of nitrogens with one attached hydrogen (secondary N) is 1. The number of nitrogens with zero attached hydrogens (tertiary/aromatic N) is 2. The van der Waals surface area contributed by atoms with E-state index in [1.165, 1.54) is 4.68 Å². The maximum Gasteiger partial charge on any atom is 0.265 e. The number of likely N-dealkylation sites (N-methyl/N-ethyl adjacent to an activating group) is 1. The highest BCUT2D eigenvalue weighted by molar-refractivity contribution is 5.86. The minimum atomic E-state index is -0.235. The molecule has 0 spiro atoms. The Kier molecular flexibility index (Phi) is 4.06. The molecule has 1 heterocycles. The Balaban J connectivity index is 2.86. The molecule has 90 valence electrons. The molecule has 1 atom stereocenters. The van der Waals surface area contributed by atoms with Crippen molar-refractivity contribution < 1.29 is 4.79 Å². The van der Waals surface area contributed by atoms with E-state index in [1.54, 1.807) is 13.1 Å². The molecule has 1 aromatic heterocycles. The Bertz CT molecular complexity index is 370. The molecule has 1 rings (SSSR count). The second-order valence-corrected chi connectivity index (χ2v) is 4.43. The van der Waals surface area contributed by atoms with Gasteiger partial charge in [0.05, 0.1) is 11.7 Å². The lowest BCUT2D eigenvalue weighted by Crippen LogP contribution is -2.39. The SMILES string of the molecule is CNC(CC(C)C)C(=O)n1nc(C)cc1N. The fraction of sp³-hybridized carbons (Fsp3) is 0.636. The van der Waals surface area contributed by atoms with Crippen molar-refractivity contribution in [1.29, 1.82) is 0 Å². The third-order valence-corrected chi connectivity index (χ3v) is 2.42. The van der Waals surface area contributed by atoms with Crippen molar-refractivity contribution in [1.82, 2.24) is 15.1 Å². The van der Waals surface area contributed by atoms with Crippen LogP contribution in [0.3, 0.4) is 0 Å². The normalized spacial score (nSPS) is 13.1. The molecule has 5 nitrogen and oxygen atoms in total. The third-order valence-electron chi connectivity index (χ3n) is 2.42. The van der Waals surface area contributed by atoms with E-state index in [4.69, 9.17) is 5.73 Å². The molecule has 0 radical (unpaired) electrons. The first-order valence-corrected chi connectivity index (χ1v) is 5.49. The summed E-state index contributed by atoms with van der Waals surface area (Å²) in [5, 5.41) is 7.09. The lowest BCUT2D eigenvalue weighted by Gasteiger charge is -2.17. The highest BCUT2D eigenvalue weighted by atomic mass is 16.2. The topological polar surface area (TPSA) is 72.9 Å². The molecule has 1 aromatic rings. The van der Waals surface area contributed by atoms with Gasteiger partial charge in [-0.15, -0.1) is 0 Å². The summed E-state index contributed by atoms with van der Waals surface area (Å²) in [6, 6.07) is 1.46. The number of aryl methyl sites for hydroxylation is 1. The van der Waals surface area contributed by atoms with Gasteiger partial charge in [0.2, 0.25) is 0 Å². The Morgan fingerprint density at radius 1 is 1.62 bits per heavy atom. The van der Waals surface area contributed by atoms with Crippen LogP contribution in [0, 0.1) is 12.8 Å². The number of nitrogens with two attached hydrogens (primary N) is 1. The third kappa shape index (κ3) is 2.82. The summed E-state index contributed by atoms with van der Waals surface area (Å²) in [5.41, 5.74) is 6.47. The summed E-state index contributed by atoms with van der Waals surface area (Å²) in [6.07, 6.45) is 0.772. The first-order chi connectivity index (χ1) is 7.45. The van der Waals surface area contributed by atoms with Crippen LogP contribution in [0.2, 0.25) is 0 Å². The van der Waals surface area contributed by atoms with E-state index in [-0.39, 0.29) is 11.9 Å². The maximum absolute atomic E-state index is 12.1. The van der Waals surface area contributed by atoms with E-state index >= 15 is 0 Å². The summed E-state index contributed by atoms with van der Waals surface area (Å²) >= 11 is 0. The van der Waals surface area contributed by atoms with E-state index in [1.807, 2.05) is 6.92 Å². The van der Waals surface area contributed by atoms with Crippen LogP contribution in [0.5, 0.6) is 0 Å². The predicted molar refractivity (Wildman–Crippen MR) is 64.3 cm³/mol. The van der Waals surface area contributed by atoms with Crippen molar-refractivity contribution in [3.8, 4) is 0 Å². The maximum atomic E-state index is 12.1. The van der Waals surface area contributed by atoms with Gasteiger partial charge in [-0.3, -0.25) is 4.79 Å². The van der Waals surface area contributed by atoms with Gasteiger partial charge in [-0.2, -0.15) is 9.78 Å². The van der Waals surface area contributed by atoms with Crippen molar-refractivity contribution in [2.24, 2.45) is 5.92 Å². The number of anilines is 1. The zero-order valence-corrected chi connectivity index (χ0v) is 10.3. The average molecular weight is 224 g/mol. The van der Waals surface area contributed by atoms with E-state index in [0.717, 1.165) is 12.1 Å². The molecule has 0 saturated carbocycles. The molecular formula is C11H20N4O. The fourth-order valence-electron chi connectivity index (χ4n) is 1.66. The first-order valence-electron chi connectivity index (χ1n) is 5.49. The van der Waals surface area contributed by atoms with E-state index < -0.39 is 0 Å². The molecule has 0 bridgehead atoms. The molecule has 3 N–H and O–H groups in total. The van der Waals surface area contributed by atoms with Crippen molar-refractivity contribution >= 4 is 11.7 Å². The molecule has 0 saturated heterocycles. The van der Waals surface area contributed by atoms with Crippen LogP contribution in [-0.4, -0.2) is 28.8 Å². The Labute approximate surface area is 96.0 Å². The largest absolute Gasteiger partial charge is 0.383 e. The van der Waals surface area contributed by atoms with E-state index in [2.05, 4.69) is 24.3 Å². The van der Waals surface area contributed by atoms with Crippen molar-refractivity contribution in [2.45, 2.75) is 33.2 Å². The molecule has 0 aliphatic rings. The highest BCUT2D eigenvalue weighted by Crippen LogP contribution is 2.10. The minimum absolute atomic E-state index is 0.0956. The van der Waals surface area contributed by atoms with E-state index in [0.29, 0.717) is 11.7 Å². The molecule has 5 heteroatoms. The zero-order valence-electron chi connectivity index (χ0n) is 10.3. The second-order valence-electron chi connectivity index (χ2n) is 4.43. The van der Waals surface area contributed by atoms with Gasteiger partial charge >= 0.3 is 0 Å². The zero-order chi connectivity index (χ0) is 12.3. The lowest BCUT2D eigenvalue weighted by molar-refractivity contribution is 0.0837. The quantitative estimate of drug-likeness (QED) is 0.801. The standard InChI is InChI=1S/C11H20N4O/c1-7(2)5-9(13-4)11(16)15-10(12)6-8(3)14-15/h6-7,9,13H,5,12H2,1-4H3. The van der Waals surface area contributed by atoms with Crippen LogP contribution >= 0.6 is 0 Å². The summed E-state index contributed by atoms with van der Waals surface area (Å²) in [5.74, 6) is 0.743. The Morgan fingerprint density at radius 3 is 2.62 bits per heavy atom. The Morgan fingerprint density at radius 2 is 2.25 bits per heavy atom. The van der Waals surface area contributed by atoms with Crippen LogP contribution in [0.25, 0.3) is 0 Å². The number of carbonyl (C=O) groups excluding carboxylic acids is 1. The number of hydrogen-bond acceptors (Lipinski definition) is 4. The highest BCUT2D eigenvalue weighted by Gasteiger charge is 2.21. The average Bonchev–Trinajstić information content (AvgIpc) is 2.53. The molecule has 0 aliphatic heterocycles. The molecule has 1 unspecified atom stereocenters. The summed E-state index contributed by atoms with van der Waals surface area (Å²) in [7, 11) is 1.78. The van der Waals surface area contributed by atoms with Gasteiger partial charge in [0.1, 0.15) is 5.82 Å². The van der Waals surface area contributed by atoms with Crippen molar-refractivity contribution in [3.63, 3.8) is 0 Å². The second kappa shape index (κ2) is 5.12. The van der Waals surface area contributed by atoms with Gasteiger partial charge in [-0.05, 0) is 26.3 Å². The predicted octanol–water partition coefficient (Wildman–Crippen LogP) is 1.05. The number of carbonyl (C=O) groups is 1. The molecule has 0 amide bonds. The molecular weight excluding hydrogens is 204 g/mol. The van der Waals surface area contributed by atoms with Gasteiger partial charge in [-0.25, -0.2) is 0 Å². The molecule has 0 fully saturated rings. The minimum Gasteiger partial charge on any atom is -0.383 e. The van der Waals surface area contributed by atoms with Crippen LogP contribution < -0.4 is 11.1 Å². The van der Waals surface area contributed by atoms with Crippen LogP contribution in [-0.2, 0) is 0 Å².